The van der Waals surface area contributed by atoms with Crippen LogP contribution in [0.1, 0.15) is 26.7 Å². The Hall–Kier alpha value is -1.90. The van der Waals surface area contributed by atoms with Gasteiger partial charge in [0, 0.05) is 49.5 Å². The second kappa shape index (κ2) is 10.1. The van der Waals surface area contributed by atoms with Gasteiger partial charge in [0.2, 0.25) is 0 Å². The van der Waals surface area contributed by atoms with Gasteiger partial charge in [-0.1, -0.05) is 18.5 Å². The van der Waals surface area contributed by atoms with E-state index in [0.717, 1.165) is 72.9 Å². The summed E-state index contributed by atoms with van der Waals surface area (Å²) in [5, 5.41) is 8.95. The van der Waals surface area contributed by atoms with Gasteiger partial charge in [-0.3, -0.25) is 10.00 Å². The summed E-state index contributed by atoms with van der Waals surface area (Å²) in [6, 6.07) is 8.74. The van der Waals surface area contributed by atoms with Crippen molar-refractivity contribution < 1.29 is 0 Å². The van der Waals surface area contributed by atoms with Gasteiger partial charge in [0.1, 0.15) is 16.7 Å². The topological polar surface area (TPSA) is 64.2 Å². The number of aromatic nitrogens is 4. The van der Waals surface area contributed by atoms with Crippen molar-refractivity contribution in [3.63, 3.8) is 0 Å². The molecule has 1 aliphatic rings. The van der Waals surface area contributed by atoms with Crippen molar-refractivity contribution in [2.24, 2.45) is 0 Å². The number of hydrogen-bond donors (Lipinski definition) is 1. The van der Waals surface area contributed by atoms with Gasteiger partial charge in [-0.05, 0) is 66.5 Å². The molecule has 0 atom stereocenters. The zero-order valence-corrected chi connectivity index (χ0v) is 20.4. The molecule has 0 saturated carbocycles. The molecule has 3 heterocycles. The molecule has 7 nitrogen and oxygen atoms in total. The highest BCUT2D eigenvalue weighted by molar-refractivity contribution is 9.10. The second-order valence-electron chi connectivity index (χ2n) is 7.84. The smallest absolute Gasteiger partial charge is 0.187 e. The minimum atomic E-state index is 0.593. The molecule has 1 aromatic carbocycles. The van der Waals surface area contributed by atoms with Crippen molar-refractivity contribution in [2.45, 2.75) is 32.7 Å². The van der Waals surface area contributed by atoms with Crippen molar-refractivity contribution >= 4 is 50.1 Å². The van der Waals surface area contributed by atoms with Crippen LogP contribution < -0.4 is 9.80 Å². The van der Waals surface area contributed by atoms with Crippen molar-refractivity contribution in [1.29, 1.82) is 0 Å². The van der Waals surface area contributed by atoms with Crippen LogP contribution in [0, 0.1) is 0 Å². The van der Waals surface area contributed by atoms with Crippen LogP contribution in [0.2, 0.25) is 5.02 Å². The molecular weight excluding hydrogens is 478 g/mol. The Morgan fingerprint density at radius 1 is 1.10 bits per heavy atom. The van der Waals surface area contributed by atoms with Gasteiger partial charge in [0.25, 0.3) is 0 Å². The molecule has 1 fully saturated rings. The van der Waals surface area contributed by atoms with E-state index in [1.165, 1.54) is 5.69 Å². The highest BCUT2D eigenvalue weighted by atomic mass is 79.9. The summed E-state index contributed by atoms with van der Waals surface area (Å²) in [4.78, 5) is 16.2. The number of halogens is 2. The monoisotopic (exact) mass is 505 g/mol. The number of fused-ring (bicyclic) bond motifs is 1. The fraction of sp³-hybridized carbons (Fsp3) is 0.500. The summed E-state index contributed by atoms with van der Waals surface area (Å²) in [7, 11) is 0. The molecule has 1 aliphatic heterocycles. The lowest BCUT2D eigenvalue weighted by Crippen LogP contribution is -2.47. The third-order valence-corrected chi connectivity index (χ3v) is 7.03. The molecule has 2 aromatic heterocycles. The first-order chi connectivity index (χ1) is 15.1. The maximum absolute atomic E-state index is 6.05. The number of nitrogens with one attached hydrogen (secondary N) is 1. The quantitative estimate of drug-likeness (QED) is 0.482. The van der Waals surface area contributed by atoms with Gasteiger partial charge in [-0.15, -0.1) is 0 Å². The summed E-state index contributed by atoms with van der Waals surface area (Å²) in [5.74, 6) is 0.965. The number of rotatable bonds is 8. The van der Waals surface area contributed by atoms with E-state index in [2.05, 4.69) is 76.8 Å². The first kappa shape index (κ1) is 22.3. The number of nitrogens with zero attached hydrogens (tertiary/aromatic N) is 6. The Morgan fingerprint density at radius 3 is 2.52 bits per heavy atom. The van der Waals surface area contributed by atoms with Gasteiger partial charge in [0.05, 0.1) is 5.39 Å². The molecule has 1 N–H and O–H groups in total. The van der Waals surface area contributed by atoms with Crippen LogP contribution >= 0.6 is 27.5 Å². The zero-order chi connectivity index (χ0) is 21.8. The van der Waals surface area contributed by atoms with Gasteiger partial charge < -0.3 is 9.80 Å². The lowest BCUT2D eigenvalue weighted by atomic mass is 10.0. The predicted molar refractivity (Wildman–Crippen MR) is 131 cm³/mol. The molecule has 0 aliphatic carbocycles. The summed E-state index contributed by atoms with van der Waals surface area (Å²) < 4.78 is 0.845. The van der Waals surface area contributed by atoms with Crippen LogP contribution in [0.3, 0.4) is 0 Å². The van der Waals surface area contributed by atoms with Crippen LogP contribution in [0.25, 0.3) is 11.0 Å². The largest absolute Gasteiger partial charge is 0.371 e. The number of aromatic amines is 1. The molecule has 0 bridgehead atoms. The molecule has 31 heavy (non-hydrogen) atoms. The lowest BCUT2D eigenvalue weighted by Gasteiger charge is -2.39. The fourth-order valence-corrected chi connectivity index (χ4v) is 5.03. The third kappa shape index (κ3) is 4.96. The minimum absolute atomic E-state index is 0.593. The molecule has 4 rings (SSSR count). The van der Waals surface area contributed by atoms with E-state index in [1.54, 1.807) is 6.33 Å². The molecule has 0 amide bonds. The Kier molecular flexibility index (Phi) is 7.30. The zero-order valence-electron chi connectivity index (χ0n) is 18.1. The number of benzene rings is 1. The van der Waals surface area contributed by atoms with Gasteiger partial charge >= 0.3 is 0 Å². The molecule has 166 valence electrons. The average Bonchev–Trinajstić information content (AvgIpc) is 3.19. The Bertz CT molecular complexity index is 985. The maximum Gasteiger partial charge on any atom is 0.187 e. The highest BCUT2D eigenvalue weighted by Crippen LogP contribution is 2.30. The standard InChI is InChI=1S/C22H29BrClN7/c1-3-29(17-7-5-16(24)6-8-17)13-14-30(4-2)18-9-11-31(12-10-18)22-19-20(23)27-28-21(19)25-15-26-22/h5-8,15,18H,3-4,9-14H2,1-2H3,(H,25,26,27,28). The van der Waals surface area contributed by atoms with Gasteiger partial charge in [-0.2, -0.15) is 5.10 Å². The molecule has 1 saturated heterocycles. The van der Waals surface area contributed by atoms with Gasteiger partial charge in [-0.25, -0.2) is 9.97 Å². The SMILES string of the molecule is CCN(CCN(CC)C1CCN(c2ncnc3n[nH]c(Br)c23)CC1)c1ccc(Cl)cc1. The van der Waals surface area contributed by atoms with E-state index in [4.69, 9.17) is 11.6 Å². The van der Waals surface area contributed by atoms with E-state index in [-0.39, 0.29) is 0 Å². The van der Waals surface area contributed by atoms with Crippen LogP contribution in [0.5, 0.6) is 0 Å². The molecular formula is C22H29BrClN7. The van der Waals surface area contributed by atoms with Gasteiger partial charge in [0.15, 0.2) is 5.65 Å². The van der Waals surface area contributed by atoms with Crippen molar-refractivity contribution in [3.05, 3.63) is 40.2 Å². The van der Waals surface area contributed by atoms with E-state index >= 15 is 0 Å². The second-order valence-corrected chi connectivity index (χ2v) is 9.07. The molecule has 0 radical (unpaired) electrons. The first-order valence-corrected chi connectivity index (χ1v) is 12.1. The van der Waals surface area contributed by atoms with Crippen molar-refractivity contribution in [3.8, 4) is 0 Å². The van der Waals surface area contributed by atoms with Crippen molar-refractivity contribution in [1.82, 2.24) is 25.1 Å². The lowest BCUT2D eigenvalue weighted by molar-refractivity contribution is 0.181. The van der Waals surface area contributed by atoms with Crippen LogP contribution in [0.4, 0.5) is 11.5 Å². The van der Waals surface area contributed by atoms with E-state index in [1.807, 2.05) is 12.1 Å². The Labute approximate surface area is 196 Å². The number of anilines is 2. The number of H-pyrrole nitrogens is 1. The molecule has 3 aromatic rings. The number of likely N-dealkylation sites (N-methyl/N-ethyl adjacent to an activating group) is 2. The summed E-state index contributed by atoms with van der Waals surface area (Å²) >= 11 is 9.60. The van der Waals surface area contributed by atoms with Crippen LogP contribution in [-0.4, -0.2) is 70.4 Å². The molecule has 9 heteroatoms. The van der Waals surface area contributed by atoms with Crippen LogP contribution in [-0.2, 0) is 0 Å². The Morgan fingerprint density at radius 2 is 1.84 bits per heavy atom. The van der Waals surface area contributed by atoms with E-state index in [9.17, 15) is 0 Å². The molecule has 0 unspecified atom stereocenters. The maximum atomic E-state index is 6.05. The van der Waals surface area contributed by atoms with E-state index < -0.39 is 0 Å². The van der Waals surface area contributed by atoms with Crippen molar-refractivity contribution in [2.75, 3.05) is 49.1 Å². The minimum Gasteiger partial charge on any atom is -0.371 e. The number of hydrogen-bond acceptors (Lipinski definition) is 6. The average molecular weight is 507 g/mol. The summed E-state index contributed by atoms with van der Waals surface area (Å²) in [6.07, 6.45) is 3.86. The molecule has 0 spiro atoms. The van der Waals surface area contributed by atoms with Crippen LogP contribution in [0.15, 0.2) is 35.2 Å². The predicted octanol–water partition coefficient (Wildman–Crippen LogP) is 4.59. The Balaban J connectivity index is 1.36. The highest BCUT2D eigenvalue weighted by Gasteiger charge is 2.26. The number of piperidine rings is 1. The fourth-order valence-electron chi connectivity index (χ4n) is 4.46. The summed E-state index contributed by atoms with van der Waals surface area (Å²) in [5.41, 5.74) is 1.94. The normalized spacial score (nSPS) is 15.2. The third-order valence-electron chi connectivity index (χ3n) is 6.20. The first-order valence-electron chi connectivity index (χ1n) is 10.9. The summed E-state index contributed by atoms with van der Waals surface area (Å²) in [6.45, 7) is 10.6. The van der Waals surface area contributed by atoms with E-state index in [0.29, 0.717) is 11.7 Å².